The maximum Gasteiger partial charge on any atom is 0.214 e. The summed E-state index contributed by atoms with van der Waals surface area (Å²) in [7, 11) is 3.66. The molecule has 2 aromatic rings. The van der Waals surface area contributed by atoms with E-state index in [4.69, 9.17) is 4.74 Å². The molecule has 0 N–H and O–H groups in total. The van der Waals surface area contributed by atoms with E-state index in [0.717, 1.165) is 27.8 Å². The van der Waals surface area contributed by atoms with Crippen LogP contribution in [0.1, 0.15) is 13.8 Å². The van der Waals surface area contributed by atoms with Crippen LogP contribution >= 0.6 is 0 Å². The molecule has 2 heterocycles. The van der Waals surface area contributed by atoms with Crippen LogP contribution in [0, 0.1) is 0 Å². The molecule has 0 saturated heterocycles. The van der Waals surface area contributed by atoms with Crippen molar-refractivity contribution in [2.24, 2.45) is 7.05 Å². The van der Waals surface area contributed by atoms with Crippen molar-refractivity contribution < 1.29 is 4.74 Å². The highest BCUT2D eigenvalue weighted by atomic mass is 16.5. The Kier molecular flexibility index (Phi) is 2.79. The number of rotatable bonds is 2. The largest absolute Gasteiger partial charge is 0.497 e. The molecule has 4 heteroatoms. The van der Waals surface area contributed by atoms with Crippen LogP contribution in [0.15, 0.2) is 24.2 Å². The van der Waals surface area contributed by atoms with Crippen molar-refractivity contribution in [3.8, 4) is 0 Å². The molecule has 90 valence electrons. The van der Waals surface area contributed by atoms with E-state index in [2.05, 4.69) is 11.6 Å². The maximum atomic E-state index is 5.35. The maximum absolute atomic E-state index is 5.35. The third-order valence-corrected chi connectivity index (χ3v) is 3.03. The van der Waals surface area contributed by atoms with E-state index >= 15 is 0 Å². The Morgan fingerprint density at radius 3 is 2.76 bits per heavy atom. The lowest BCUT2D eigenvalue weighted by Crippen LogP contribution is -2.31. The number of aromatic nitrogens is 3. The van der Waals surface area contributed by atoms with Crippen LogP contribution < -0.4 is 10.7 Å². The number of allylic oxidation sites excluding steroid dienone is 2. The van der Waals surface area contributed by atoms with Crippen LogP contribution in [0.5, 0.6) is 0 Å². The molecule has 0 aliphatic rings. The van der Waals surface area contributed by atoms with Crippen LogP contribution in [-0.2, 0) is 11.8 Å². The minimum absolute atomic E-state index is 0.860. The Morgan fingerprint density at radius 2 is 2.24 bits per heavy atom. The summed E-state index contributed by atoms with van der Waals surface area (Å²) in [6, 6.07) is 0. The van der Waals surface area contributed by atoms with Crippen molar-refractivity contribution in [2.75, 3.05) is 7.11 Å². The first-order valence-corrected chi connectivity index (χ1v) is 5.50. The molecule has 17 heavy (non-hydrogen) atoms. The van der Waals surface area contributed by atoms with E-state index < -0.39 is 0 Å². The quantitative estimate of drug-likeness (QED) is 0.716. The molecular weight excluding hydrogens is 214 g/mol. The van der Waals surface area contributed by atoms with Gasteiger partial charge in [-0.2, -0.15) is 0 Å². The van der Waals surface area contributed by atoms with Gasteiger partial charge in [0, 0.05) is 25.0 Å². The average Bonchev–Trinajstić information content (AvgIpc) is 2.86. The van der Waals surface area contributed by atoms with Crippen molar-refractivity contribution in [2.45, 2.75) is 13.8 Å². The number of fused-ring (bicyclic) bond motifs is 1. The monoisotopic (exact) mass is 231 g/mol. The van der Waals surface area contributed by atoms with E-state index in [1.807, 2.05) is 42.1 Å². The van der Waals surface area contributed by atoms with Gasteiger partial charge < -0.3 is 9.30 Å². The summed E-state index contributed by atoms with van der Waals surface area (Å²) in [5.41, 5.74) is 1.06. The second-order valence-electron chi connectivity index (χ2n) is 3.93. The molecule has 2 rings (SSSR count). The minimum Gasteiger partial charge on any atom is -0.497 e. The summed E-state index contributed by atoms with van der Waals surface area (Å²) in [6.07, 6.45) is 5.64. The second-order valence-corrected chi connectivity index (χ2v) is 3.93. The summed E-state index contributed by atoms with van der Waals surface area (Å²) < 4.78 is 9.35. The van der Waals surface area contributed by atoms with E-state index in [1.54, 1.807) is 13.3 Å². The summed E-state index contributed by atoms with van der Waals surface area (Å²) in [6.45, 7) is 8.10. The van der Waals surface area contributed by atoms with Crippen molar-refractivity contribution in [1.29, 1.82) is 0 Å². The van der Waals surface area contributed by atoms with Crippen molar-refractivity contribution >= 4 is 17.9 Å². The molecular formula is C13H17N3O. The lowest BCUT2D eigenvalue weighted by atomic mass is 10.2. The highest BCUT2D eigenvalue weighted by molar-refractivity contribution is 5.59. The molecule has 0 aliphatic heterocycles. The average molecular weight is 231 g/mol. The zero-order valence-electron chi connectivity index (χ0n) is 10.7. The van der Waals surface area contributed by atoms with Gasteiger partial charge in [-0.05, 0) is 19.9 Å². The van der Waals surface area contributed by atoms with Gasteiger partial charge in [0.15, 0.2) is 0 Å². The molecule has 0 spiro atoms. The number of hydrogen-bond donors (Lipinski definition) is 0. The molecule has 0 amide bonds. The molecule has 0 unspecified atom stereocenters. The van der Waals surface area contributed by atoms with Crippen molar-refractivity contribution in [3.63, 3.8) is 0 Å². The van der Waals surface area contributed by atoms with Gasteiger partial charge >= 0.3 is 0 Å². The van der Waals surface area contributed by atoms with Gasteiger partial charge in [-0.25, -0.2) is 4.98 Å². The van der Waals surface area contributed by atoms with E-state index in [-0.39, 0.29) is 0 Å². The van der Waals surface area contributed by atoms with Gasteiger partial charge in [0.1, 0.15) is 5.76 Å². The topological polar surface area (TPSA) is 31.5 Å². The normalized spacial score (nSPS) is 14.2. The second kappa shape index (κ2) is 4.13. The van der Waals surface area contributed by atoms with Gasteiger partial charge in [-0.1, -0.05) is 6.58 Å². The molecule has 0 radical (unpaired) electrons. The van der Waals surface area contributed by atoms with Crippen LogP contribution in [0.25, 0.3) is 17.9 Å². The van der Waals surface area contributed by atoms with Crippen molar-refractivity contribution in [1.82, 2.24) is 14.0 Å². The number of nitrogens with zero attached hydrogens (tertiary/aromatic N) is 3. The van der Waals surface area contributed by atoms with Gasteiger partial charge in [-0.15, -0.1) is 0 Å². The van der Waals surface area contributed by atoms with E-state index in [0.29, 0.717) is 0 Å². The highest BCUT2D eigenvalue weighted by Gasteiger charge is 2.08. The number of imidazole rings is 2. The Balaban J connectivity index is 2.92. The molecule has 0 aliphatic carbocycles. The zero-order valence-corrected chi connectivity index (χ0v) is 10.7. The van der Waals surface area contributed by atoms with Crippen LogP contribution in [0.2, 0.25) is 0 Å². The summed E-state index contributed by atoms with van der Waals surface area (Å²) in [4.78, 5) is 4.31. The molecule has 0 saturated carbocycles. The fourth-order valence-electron chi connectivity index (χ4n) is 2.23. The van der Waals surface area contributed by atoms with Crippen LogP contribution in [0.4, 0.5) is 0 Å². The number of hydrogen-bond acceptors (Lipinski definition) is 2. The predicted molar refractivity (Wildman–Crippen MR) is 68.8 cm³/mol. The number of methoxy groups -OCH3 is 1. The molecule has 0 bridgehead atoms. The van der Waals surface area contributed by atoms with Gasteiger partial charge in [0.05, 0.1) is 17.8 Å². The Hall–Kier alpha value is -1.97. The third-order valence-electron chi connectivity index (χ3n) is 3.03. The SMILES string of the molecule is C=c1/c(=C(C)\C(=C/C)OC)n(C)c2nccn12. The van der Waals surface area contributed by atoms with Crippen LogP contribution in [0.3, 0.4) is 0 Å². The summed E-state index contributed by atoms with van der Waals surface area (Å²) >= 11 is 0. The van der Waals surface area contributed by atoms with E-state index in [1.165, 1.54) is 0 Å². The van der Waals surface area contributed by atoms with Gasteiger partial charge in [-0.3, -0.25) is 4.40 Å². The molecule has 4 nitrogen and oxygen atoms in total. The lowest BCUT2D eigenvalue weighted by Gasteiger charge is -2.05. The standard InChI is InChI=1S/C13H17N3O/c1-6-11(17-5)9(2)12-10(3)16-8-7-14-13(16)15(12)4/h6-8H,3H2,1-2,4-5H3/b11-6+,12-9+. The number of ether oxygens (including phenoxy) is 1. The Bertz CT molecular complexity index is 688. The Morgan fingerprint density at radius 1 is 1.53 bits per heavy atom. The smallest absolute Gasteiger partial charge is 0.214 e. The fourth-order valence-corrected chi connectivity index (χ4v) is 2.23. The summed E-state index contributed by atoms with van der Waals surface area (Å²) in [5.74, 6) is 1.75. The molecule has 0 fully saturated rings. The van der Waals surface area contributed by atoms with Crippen LogP contribution in [-0.4, -0.2) is 21.1 Å². The zero-order chi connectivity index (χ0) is 12.6. The molecule has 0 aromatic carbocycles. The Labute approximate surface area is 100 Å². The fraction of sp³-hybridized carbons (Fsp3) is 0.308. The minimum atomic E-state index is 0.860. The van der Waals surface area contributed by atoms with Gasteiger partial charge in [0.2, 0.25) is 5.78 Å². The predicted octanol–water partition coefficient (Wildman–Crippen LogP) is 0.804. The summed E-state index contributed by atoms with van der Waals surface area (Å²) in [5, 5.41) is 1.97. The first-order chi connectivity index (χ1) is 8.11. The van der Waals surface area contributed by atoms with Gasteiger partial charge in [0.25, 0.3) is 0 Å². The van der Waals surface area contributed by atoms with Crippen molar-refractivity contribution in [3.05, 3.63) is 34.9 Å². The lowest BCUT2D eigenvalue weighted by molar-refractivity contribution is 0.309. The molecule has 0 atom stereocenters. The third kappa shape index (κ3) is 1.56. The van der Waals surface area contributed by atoms with E-state index in [9.17, 15) is 0 Å². The first-order valence-electron chi connectivity index (χ1n) is 5.50. The molecule has 2 aromatic heterocycles. The highest BCUT2D eigenvalue weighted by Crippen LogP contribution is 2.08. The number of aryl methyl sites for hydroxylation is 1. The first kappa shape index (κ1) is 11.5.